The maximum absolute atomic E-state index is 12.5. The Morgan fingerprint density at radius 1 is 0.503 bits per heavy atom. The van der Waals surface area contributed by atoms with Crippen molar-refractivity contribution in [1.29, 1.82) is 0 Å². The Balaban J connectivity index is 0.000000224. The number of nitrogens with zero attached hydrogens (tertiary/aromatic N) is 12. The molecule has 9 saturated heterocycles. The number of amides is 6. The summed E-state index contributed by atoms with van der Waals surface area (Å²) >= 11 is -0.139. The molecule has 7 N–H and O–H groups in total. The van der Waals surface area contributed by atoms with E-state index >= 15 is 0 Å². The highest BCUT2D eigenvalue weighted by atomic mass is 27.2. The SMILES string of the molecule is CC(C)(C)OC(=O)N1CCC[C@H]1CO.CCOC(=O)c1n[nH]c(Cc2ccccc2)n1.CCc1nc(C(=O)C[C@H]2COC[C@@H]3CCCN3C2=O)n[nH]1.COC(=O)[C@@H](C)COCC1CCCC1.COC(=O)[C@@H](C)COC[C@@H]1CCCN1C(=O)OC(C)(C)C.COC(=O)[C@@H]1CN1C(=O)OCc1ccccc1.C[C@H]1COC[C@@H]2CCCN2C1=O.N[C@H]1COC[C@@H]2CCCN2C1=O.O=C(O)c1n[nH]c(Cc2ccccc2)n1.[CH3][Al]([CH3])[CH3]. The van der Waals surface area contributed by atoms with Gasteiger partial charge in [0.2, 0.25) is 29.3 Å². The highest BCUT2D eigenvalue weighted by Gasteiger charge is 2.47. The zero-order valence-electron chi connectivity index (χ0n) is 89.0. The lowest BCUT2D eigenvalue weighted by molar-refractivity contribution is -0.147. The number of hydrogen-bond acceptors (Lipinski definition) is 32. The van der Waals surface area contributed by atoms with E-state index in [0.717, 1.165) is 120 Å². The molecule has 6 aromatic rings. The lowest BCUT2D eigenvalue weighted by atomic mass is 10.0. The Bertz CT molecular complexity index is 4940. The quantitative estimate of drug-likeness (QED) is 0.0102. The molecule has 10 fully saturated rings. The average Bonchev–Trinajstić information content (AvgIpc) is 1.65. The molecule has 6 amide bonds. The minimum atomic E-state index is -1.12. The number of aryl methyl sites for hydroxylation is 1. The lowest BCUT2D eigenvalue weighted by Crippen LogP contribution is -2.45. The third kappa shape index (κ3) is 43.7. The molecule has 814 valence electrons. The van der Waals surface area contributed by atoms with Crippen LogP contribution in [0.1, 0.15) is 238 Å². The first-order chi connectivity index (χ1) is 70.2. The Morgan fingerprint density at radius 2 is 0.939 bits per heavy atom. The first-order valence-corrected chi connectivity index (χ1v) is 54.8. The largest absolute Gasteiger partial charge is 0.475 e. The van der Waals surface area contributed by atoms with Gasteiger partial charge in [0.15, 0.2) is 6.04 Å². The molecule has 0 unspecified atom stereocenters. The van der Waals surface area contributed by atoms with E-state index in [-0.39, 0.29) is 135 Å². The second kappa shape index (κ2) is 64.1. The predicted molar refractivity (Wildman–Crippen MR) is 544 cm³/mol. The topological polar surface area (TPSA) is 526 Å². The van der Waals surface area contributed by atoms with Gasteiger partial charge >= 0.3 is 48.1 Å². The summed E-state index contributed by atoms with van der Waals surface area (Å²) in [6, 6.07) is 28.8. The summed E-state index contributed by atoms with van der Waals surface area (Å²) in [4.78, 5) is 161. The van der Waals surface area contributed by atoms with Crippen LogP contribution in [0.2, 0.25) is 17.4 Å². The van der Waals surface area contributed by atoms with Gasteiger partial charge in [-0.2, -0.15) is 5.10 Å². The number of H-pyrrole nitrogens is 3. The van der Waals surface area contributed by atoms with Gasteiger partial charge in [0.1, 0.15) is 41.3 Å². The number of aliphatic hydroxyl groups is 1. The molecular weight excluding hydrogens is 1920 g/mol. The van der Waals surface area contributed by atoms with Gasteiger partial charge in [-0.1, -0.05) is 118 Å². The van der Waals surface area contributed by atoms with Crippen molar-refractivity contribution in [1.82, 2.24) is 74.9 Å². The highest BCUT2D eigenvalue weighted by Crippen LogP contribution is 2.30. The van der Waals surface area contributed by atoms with Crippen LogP contribution in [0, 0.1) is 29.6 Å². The maximum atomic E-state index is 12.5. The van der Waals surface area contributed by atoms with Gasteiger partial charge in [0.05, 0.1) is 154 Å². The summed E-state index contributed by atoms with van der Waals surface area (Å²) in [5.41, 5.74) is 7.75. The molecule has 10 aliphatic rings. The molecular formula is C104H159AlN16O26. The molecule has 0 bridgehead atoms. The number of likely N-dealkylation sites (tertiary alicyclic amines) is 2. The van der Waals surface area contributed by atoms with Crippen molar-refractivity contribution in [2.24, 2.45) is 35.3 Å². The number of aromatic amines is 3. The Hall–Kier alpha value is -11.4. The Kier molecular flexibility index (Phi) is 53.4. The maximum Gasteiger partial charge on any atom is 0.411 e. The van der Waals surface area contributed by atoms with E-state index in [0.29, 0.717) is 128 Å². The summed E-state index contributed by atoms with van der Waals surface area (Å²) in [5, 5.41) is 37.0. The summed E-state index contributed by atoms with van der Waals surface area (Å²) in [6.45, 7) is 30.5. The van der Waals surface area contributed by atoms with Crippen molar-refractivity contribution in [3.63, 3.8) is 0 Å². The number of benzene rings is 3. The zero-order valence-corrected chi connectivity index (χ0v) is 90.1. The molecule has 12 heterocycles. The van der Waals surface area contributed by atoms with E-state index in [9.17, 15) is 57.5 Å². The number of hydrogen-bond donors (Lipinski definition) is 6. The van der Waals surface area contributed by atoms with Gasteiger partial charge < -0.3 is 97.3 Å². The third-order valence-corrected chi connectivity index (χ3v) is 24.5. The van der Waals surface area contributed by atoms with Gasteiger partial charge in [0, 0.05) is 65.0 Å². The van der Waals surface area contributed by atoms with Crippen LogP contribution in [0.25, 0.3) is 0 Å². The van der Waals surface area contributed by atoms with Crippen LogP contribution >= 0.6 is 0 Å². The molecule has 0 spiro atoms. The van der Waals surface area contributed by atoms with Crippen molar-refractivity contribution in [3.05, 3.63) is 143 Å². The molecule has 147 heavy (non-hydrogen) atoms. The fourth-order valence-electron chi connectivity index (χ4n) is 16.8. The minimum absolute atomic E-state index is 0.0182. The van der Waals surface area contributed by atoms with Gasteiger partial charge in [-0.3, -0.25) is 49.0 Å². The molecule has 11 atom stereocenters. The van der Waals surface area contributed by atoms with E-state index in [2.05, 4.69) is 77.1 Å². The van der Waals surface area contributed by atoms with E-state index in [1.165, 1.54) is 51.9 Å². The molecule has 1 saturated carbocycles. The number of esters is 4. The van der Waals surface area contributed by atoms with Gasteiger partial charge in [-0.25, -0.2) is 43.7 Å². The second-order valence-corrected chi connectivity index (χ2v) is 43.6. The molecule has 0 radical (unpaired) electrons. The number of ketones is 1. The standard InChI is InChI=1S/C15H27NO5.C14H20N4O3.C12H13N3O2.C12H13NO4.C11H20O3.C10H9N3O2.C10H19NO3.C9H15NO2.C8H14N2O2.3CH3.Al/c1-11(13(17)19-5)9-20-10-12-7-6-8-16(12)14(18)21-15(2,3)4;1-2-12-15-13(17-16-12)11(19)6-9-7-21-8-10-4-3-5-18(10)14(9)20;1-2-17-12(16)11-13-10(14-15-11)8-9-6-4-3-5-7-9;1-16-11(14)10-7-13(10)12(15)17-8-9-5-3-2-4-6-9;1-9(11(12)13-2)7-14-8-10-5-3-4-6-10;14-10(15)9-11-8(12-13-9)6-7-4-2-1-3-5-7;1-10(2,3)14-9(13)11-6-4-5-8(11)7-12;1-7-5-12-6-8-3-2-4-10(8)9(7)11;9-7-5-12-4-6-2-1-3-10(6)8(7)11;;;;/h11-12H,6-10H2,1-5H3;9-10H,2-8H2,1H3,(H,15,16,17);3-7H,2,8H2,1H3,(H,13,14,15);2-6,10H,7-8H2,1H3;9-10H,3-8H2,1-2H3;1-5H,6H2,(H,14,15)(H,11,12,13);8,12H,4-7H2,1-3H3;7-8H,2-6H2,1H3;6-7H,1-5,9H2;3*1H3;/t11-,12-;9-,10-;;10-,13?;9-;;8-;7-,8-;6-,7-;;;;/m00.00.000..../s1. The number of methoxy groups -OCH3 is 3. The number of carbonyl (C=O) groups is 12. The lowest BCUT2D eigenvalue weighted by Gasteiger charge is -2.28. The van der Waals surface area contributed by atoms with Crippen molar-refractivity contribution in [2.45, 2.75) is 269 Å². The average molecular weight is 2080 g/mol. The van der Waals surface area contributed by atoms with E-state index in [1.807, 2.05) is 168 Å². The van der Waals surface area contributed by atoms with Gasteiger partial charge in [0.25, 0.3) is 25.8 Å². The number of rotatable bonds is 25. The molecule has 9 aliphatic heterocycles. The number of nitrogens with two attached hydrogens (primary N) is 1. The third-order valence-electron chi connectivity index (χ3n) is 24.5. The number of Topliss-reactive ketones (excluding diaryl/α,β-unsaturated/α-hetero) is 1. The fraction of sp³-hybridized carbons (Fsp3) is 0.654. The van der Waals surface area contributed by atoms with E-state index < -0.39 is 53.2 Å². The van der Waals surface area contributed by atoms with Crippen LogP contribution in [0.15, 0.2) is 91.0 Å². The highest BCUT2D eigenvalue weighted by molar-refractivity contribution is 6.54. The number of aromatic nitrogens is 9. The van der Waals surface area contributed by atoms with Crippen molar-refractivity contribution < 1.29 is 125 Å². The van der Waals surface area contributed by atoms with Gasteiger partial charge in [-0.05, 0) is 162 Å². The van der Waals surface area contributed by atoms with E-state index in [4.69, 9.17) is 58.6 Å². The van der Waals surface area contributed by atoms with Crippen molar-refractivity contribution >= 4 is 85.8 Å². The van der Waals surface area contributed by atoms with Crippen LogP contribution in [0.4, 0.5) is 14.4 Å². The van der Waals surface area contributed by atoms with E-state index in [1.54, 1.807) is 23.6 Å². The summed E-state index contributed by atoms with van der Waals surface area (Å²) in [7, 11) is 4.07. The number of ether oxygens (including phenoxy) is 12. The number of carboxylic acids is 1. The number of carbonyl (C=O) groups excluding carboxylic acids is 11. The number of aromatic carboxylic acids is 1. The van der Waals surface area contributed by atoms with Crippen molar-refractivity contribution in [2.75, 3.05) is 140 Å². The Morgan fingerprint density at radius 3 is 1.41 bits per heavy atom. The second-order valence-electron chi connectivity index (χ2n) is 40.1. The molecule has 3 aromatic heterocycles. The molecule has 3 aromatic carbocycles. The Labute approximate surface area is 867 Å². The normalized spacial score (nSPS) is 20.9. The molecule has 42 nitrogen and oxygen atoms in total. The molecule has 16 rings (SSSR count). The first-order valence-electron chi connectivity index (χ1n) is 51.3. The number of carboxylic acid groups (broad SMARTS) is 1. The zero-order chi connectivity index (χ0) is 108. The summed E-state index contributed by atoms with van der Waals surface area (Å²) in [6.07, 6.45) is 16.2. The first kappa shape index (κ1) is 122. The van der Waals surface area contributed by atoms with Crippen LogP contribution < -0.4 is 5.73 Å². The van der Waals surface area contributed by atoms with Crippen LogP contribution in [-0.4, -0.2) is 364 Å². The number of fused-ring (bicyclic) bond motifs is 3. The van der Waals surface area contributed by atoms with Crippen molar-refractivity contribution in [3.8, 4) is 0 Å². The van der Waals surface area contributed by atoms with Gasteiger partial charge in [-0.15, -0.1) is 27.6 Å². The molecule has 43 heteroatoms. The van der Waals surface area contributed by atoms with Crippen LogP contribution in [0.5, 0.6) is 0 Å². The fourth-order valence-corrected chi connectivity index (χ4v) is 16.8. The van der Waals surface area contributed by atoms with Crippen LogP contribution in [-0.2, 0) is 111 Å². The molecule has 1 aliphatic carbocycles. The number of nitrogens with one attached hydrogen (secondary N) is 3. The summed E-state index contributed by atoms with van der Waals surface area (Å²) < 4.78 is 61.7. The number of aliphatic hydroxyl groups excluding tert-OH is 1. The van der Waals surface area contributed by atoms with Crippen LogP contribution in [0.3, 0.4) is 0 Å². The minimum Gasteiger partial charge on any atom is -0.475 e. The summed E-state index contributed by atoms with van der Waals surface area (Å²) in [5.74, 6) is 6.49. The monoisotopic (exact) mass is 2080 g/mol. The predicted octanol–water partition coefficient (Wildman–Crippen LogP) is 11.4. The smallest absolute Gasteiger partial charge is 0.411 e.